The molecule has 22 heavy (non-hydrogen) atoms. The van der Waals surface area contributed by atoms with Crippen LogP contribution in [0.5, 0.6) is 0 Å². The Labute approximate surface area is 153 Å². The van der Waals surface area contributed by atoms with Crippen LogP contribution in [0.15, 0.2) is 24.8 Å². The molecular formula is C15H21Cl4FN2. The normalized spacial score (nSPS) is 16.3. The van der Waals surface area contributed by atoms with Crippen LogP contribution >= 0.6 is 48.0 Å². The molecule has 0 aromatic heterocycles. The van der Waals surface area contributed by atoms with E-state index in [-0.39, 0.29) is 36.7 Å². The van der Waals surface area contributed by atoms with Gasteiger partial charge in [0.2, 0.25) is 0 Å². The number of nitrogens with zero attached hydrogens (tertiary/aromatic N) is 1. The Hall–Kier alpha value is -0.0300. The Morgan fingerprint density at radius 1 is 1.27 bits per heavy atom. The molecular weight excluding hydrogens is 369 g/mol. The first-order valence-corrected chi connectivity index (χ1v) is 7.59. The van der Waals surface area contributed by atoms with Gasteiger partial charge in [-0.2, -0.15) is 0 Å². The van der Waals surface area contributed by atoms with Gasteiger partial charge in [0.05, 0.1) is 10.0 Å². The second-order valence-electron chi connectivity index (χ2n) is 4.92. The number of allylic oxidation sites excluding steroid dienone is 1. The molecule has 7 heteroatoms. The van der Waals surface area contributed by atoms with Crippen LogP contribution in [0, 0.1) is 5.82 Å². The Bertz CT molecular complexity index is 479. The maximum Gasteiger partial charge on any atom is 0.129 e. The van der Waals surface area contributed by atoms with E-state index in [9.17, 15) is 4.39 Å². The van der Waals surface area contributed by atoms with Crippen molar-refractivity contribution in [2.75, 3.05) is 26.2 Å². The molecule has 1 atom stereocenters. The minimum absolute atomic E-state index is 0. The van der Waals surface area contributed by atoms with Crippen LogP contribution in [-0.4, -0.2) is 31.1 Å². The third-order valence-electron chi connectivity index (χ3n) is 3.65. The summed E-state index contributed by atoms with van der Waals surface area (Å²) in [6.07, 6.45) is 3.46. The van der Waals surface area contributed by atoms with E-state index in [2.05, 4.69) is 16.8 Å². The lowest BCUT2D eigenvalue weighted by molar-refractivity contribution is 0.163. The minimum Gasteiger partial charge on any atom is -0.314 e. The molecule has 0 bridgehead atoms. The van der Waals surface area contributed by atoms with Crippen LogP contribution in [0.25, 0.3) is 0 Å². The molecule has 1 aliphatic rings. The minimum atomic E-state index is -0.285. The number of benzene rings is 1. The van der Waals surface area contributed by atoms with Gasteiger partial charge in [0, 0.05) is 37.8 Å². The van der Waals surface area contributed by atoms with E-state index < -0.39 is 0 Å². The first-order chi connectivity index (χ1) is 9.65. The molecule has 0 radical (unpaired) electrons. The first kappa shape index (κ1) is 22.0. The van der Waals surface area contributed by atoms with Crippen LogP contribution in [-0.2, 0) is 0 Å². The summed E-state index contributed by atoms with van der Waals surface area (Å²) < 4.78 is 14.3. The maximum atomic E-state index is 14.3. The zero-order valence-corrected chi connectivity index (χ0v) is 15.3. The number of hydrogen-bond acceptors (Lipinski definition) is 2. The predicted octanol–water partition coefficient (Wildman–Crippen LogP) is 4.89. The topological polar surface area (TPSA) is 15.3 Å². The fourth-order valence-corrected chi connectivity index (χ4v) is 3.07. The molecule has 0 aliphatic carbocycles. The monoisotopic (exact) mass is 388 g/mol. The quantitative estimate of drug-likeness (QED) is 0.569. The van der Waals surface area contributed by atoms with E-state index in [1.54, 1.807) is 0 Å². The molecule has 2 rings (SSSR count). The highest BCUT2D eigenvalue weighted by Crippen LogP contribution is 2.37. The van der Waals surface area contributed by atoms with E-state index in [0.29, 0.717) is 15.6 Å². The van der Waals surface area contributed by atoms with E-state index >= 15 is 0 Å². The second-order valence-corrected chi connectivity index (χ2v) is 5.71. The van der Waals surface area contributed by atoms with E-state index in [1.165, 1.54) is 12.1 Å². The Kier molecular flexibility index (Phi) is 10.7. The van der Waals surface area contributed by atoms with Crippen molar-refractivity contribution in [1.82, 2.24) is 10.2 Å². The summed E-state index contributed by atoms with van der Waals surface area (Å²) in [5.41, 5.74) is 0.517. The standard InChI is InChI=1S/C15H19Cl2FN2.2ClH/c1-2-3-4-13(20-9-7-19-8-10-20)14-12(18)6-5-11(16)15(14)17;;/h2,5-6,13,19H,1,3-4,7-10H2;2*1H/t13-;;/m0../s1. The highest BCUT2D eigenvalue weighted by atomic mass is 35.5. The van der Waals surface area contributed by atoms with Crippen LogP contribution in [0.2, 0.25) is 10.0 Å². The molecule has 0 unspecified atom stereocenters. The molecule has 1 aliphatic heterocycles. The van der Waals surface area contributed by atoms with Gasteiger partial charge < -0.3 is 5.32 Å². The SMILES string of the molecule is C=CCC[C@@H](c1c(F)ccc(Cl)c1Cl)N1CCNCC1.Cl.Cl. The van der Waals surface area contributed by atoms with Gasteiger partial charge in [-0.3, -0.25) is 4.90 Å². The summed E-state index contributed by atoms with van der Waals surface area (Å²) in [4.78, 5) is 2.26. The highest BCUT2D eigenvalue weighted by molar-refractivity contribution is 6.42. The molecule has 0 saturated carbocycles. The second kappa shape index (κ2) is 10.7. The fourth-order valence-electron chi connectivity index (χ4n) is 2.63. The Morgan fingerprint density at radius 2 is 1.91 bits per heavy atom. The summed E-state index contributed by atoms with van der Waals surface area (Å²) in [5, 5.41) is 4.04. The van der Waals surface area contributed by atoms with Gasteiger partial charge in [-0.05, 0) is 25.0 Å². The van der Waals surface area contributed by atoms with Gasteiger partial charge in [0.1, 0.15) is 5.82 Å². The van der Waals surface area contributed by atoms with Gasteiger partial charge in [0.25, 0.3) is 0 Å². The Morgan fingerprint density at radius 3 is 2.50 bits per heavy atom. The van der Waals surface area contributed by atoms with Crippen molar-refractivity contribution in [3.63, 3.8) is 0 Å². The van der Waals surface area contributed by atoms with Crippen LogP contribution < -0.4 is 5.32 Å². The van der Waals surface area contributed by atoms with E-state index in [1.807, 2.05) is 6.08 Å². The molecule has 126 valence electrons. The molecule has 0 spiro atoms. The van der Waals surface area contributed by atoms with Crippen molar-refractivity contribution in [3.05, 3.63) is 46.2 Å². The van der Waals surface area contributed by atoms with Crippen molar-refractivity contribution in [2.45, 2.75) is 18.9 Å². The average molecular weight is 390 g/mol. The number of piperazine rings is 1. The van der Waals surface area contributed by atoms with Crippen LogP contribution in [0.1, 0.15) is 24.4 Å². The van der Waals surface area contributed by atoms with Gasteiger partial charge in [0.15, 0.2) is 0 Å². The van der Waals surface area contributed by atoms with Crippen molar-refractivity contribution in [3.8, 4) is 0 Å². The summed E-state index contributed by atoms with van der Waals surface area (Å²) in [6.45, 7) is 7.32. The molecule has 1 N–H and O–H groups in total. The molecule has 1 aromatic rings. The van der Waals surface area contributed by atoms with Crippen molar-refractivity contribution >= 4 is 48.0 Å². The lowest BCUT2D eigenvalue weighted by Gasteiger charge is -2.35. The highest BCUT2D eigenvalue weighted by Gasteiger charge is 2.27. The van der Waals surface area contributed by atoms with Crippen molar-refractivity contribution < 1.29 is 4.39 Å². The largest absolute Gasteiger partial charge is 0.314 e. The van der Waals surface area contributed by atoms with Gasteiger partial charge in [-0.25, -0.2) is 4.39 Å². The zero-order chi connectivity index (χ0) is 14.5. The van der Waals surface area contributed by atoms with Gasteiger partial charge >= 0.3 is 0 Å². The number of nitrogens with one attached hydrogen (secondary N) is 1. The number of halogens is 5. The Balaban J connectivity index is 0.00000220. The van der Waals surface area contributed by atoms with Gasteiger partial charge in [-0.1, -0.05) is 29.3 Å². The van der Waals surface area contributed by atoms with E-state index in [0.717, 1.165) is 39.0 Å². The molecule has 2 nitrogen and oxygen atoms in total. The van der Waals surface area contributed by atoms with Crippen LogP contribution in [0.4, 0.5) is 4.39 Å². The molecule has 1 aromatic carbocycles. The summed E-state index contributed by atoms with van der Waals surface area (Å²) in [7, 11) is 0. The molecule has 0 amide bonds. The summed E-state index contributed by atoms with van der Waals surface area (Å²) in [5.74, 6) is -0.285. The zero-order valence-electron chi connectivity index (χ0n) is 12.2. The first-order valence-electron chi connectivity index (χ1n) is 6.84. The smallest absolute Gasteiger partial charge is 0.129 e. The molecule has 1 saturated heterocycles. The third-order valence-corrected chi connectivity index (χ3v) is 4.47. The molecule has 1 fully saturated rings. The number of hydrogen-bond donors (Lipinski definition) is 1. The van der Waals surface area contributed by atoms with Gasteiger partial charge in [-0.15, -0.1) is 31.4 Å². The lowest BCUT2D eigenvalue weighted by atomic mass is 9.98. The average Bonchev–Trinajstić information content (AvgIpc) is 2.47. The maximum absolute atomic E-state index is 14.3. The van der Waals surface area contributed by atoms with Crippen LogP contribution in [0.3, 0.4) is 0 Å². The number of rotatable bonds is 5. The summed E-state index contributed by atoms with van der Waals surface area (Å²) >= 11 is 12.3. The third kappa shape index (κ3) is 5.26. The molecule has 1 heterocycles. The predicted molar refractivity (Wildman–Crippen MR) is 97.5 cm³/mol. The summed E-state index contributed by atoms with van der Waals surface area (Å²) in [6, 6.07) is 2.85. The van der Waals surface area contributed by atoms with Crippen molar-refractivity contribution in [2.24, 2.45) is 0 Å². The van der Waals surface area contributed by atoms with Crippen molar-refractivity contribution in [1.29, 1.82) is 0 Å². The lowest BCUT2D eigenvalue weighted by Crippen LogP contribution is -2.45. The fraction of sp³-hybridized carbons (Fsp3) is 0.467. The van der Waals surface area contributed by atoms with E-state index in [4.69, 9.17) is 23.2 Å².